The normalized spacial score (nSPS) is 22.1. The highest BCUT2D eigenvalue weighted by Crippen LogP contribution is 2.22. The number of hydrogen-bond acceptors (Lipinski definition) is 5. The minimum Gasteiger partial charge on any atom is -0.377 e. The van der Waals surface area contributed by atoms with Gasteiger partial charge in [0.05, 0.1) is 25.1 Å². The highest BCUT2D eigenvalue weighted by molar-refractivity contribution is 5.86. The van der Waals surface area contributed by atoms with Crippen LogP contribution in [0.25, 0.3) is 0 Å². The van der Waals surface area contributed by atoms with Gasteiger partial charge >= 0.3 is 0 Å². The molecule has 2 heterocycles. The number of morpholine rings is 1. The van der Waals surface area contributed by atoms with E-state index in [1.165, 1.54) is 0 Å². The van der Waals surface area contributed by atoms with Gasteiger partial charge in [-0.1, -0.05) is 0 Å². The molecule has 0 radical (unpaired) electrons. The summed E-state index contributed by atoms with van der Waals surface area (Å²) in [7, 11) is 0. The van der Waals surface area contributed by atoms with Gasteiger partial charge in [-0.2, -0.15) is 5.26 Å². The zero-order valence-electron chi connectivity index (χ0n) is 11.1. The highest BCUT2D eigenvalue weighted by atomic mass is 16.5. The molecule has 1 saturated carbocycles. The minimum atomic E-state index is -0.320. The van der Waals surface area contributed by atoms with Crippen molar-refractivity contribution in [3.8, 4) is 6.07 Å². The third-order valence-electron chi connectivity index (χ3n) is 3.55. The van der Waals surface area contributed by atoms with Crippen molar-refractivity contribution in [3.05, 3.63) is 24.0 Å². The van der Waals surface area contributed by atoms with Crippen LogP contribution in [0.2, 0.25) is 0 Å². The summed E-state index contributed by atoms with van der Waals surface area (Å²) in [6, 6.07) is 5.50. The van der Waals surface area contributed by atoms with Crippen LogP contribution in [0.4, 0.5) is 5.69 Å². The minimum absolute atomic E-state index is 0.0107. The molecule has 1 unspecified atom stereocenters. The van der Waals surface area contributed by atoms with Gasteiger partial charge in [0.15, 0.2) is 0 Å². The Balaban J connectivity index is 1.76. The molecule has 1 atom stereocenters. The van der Waals surface area contributed by atoms with Crippen LogP contribution in [0, 0.1) is 11.3 Å². The van der Waals surface area contributed by atoms with Crippen LogP contribution in [0.3, 0.4) is 0 Å². The molecule has 2 aliphatic rings. The van der Waals surface area contributed by atoms with Crippen molar-refractivity contribution in [2.24, 2.45) is 0 Å². The fraction of sp³-hybridized carbons (Fsp3) is 0.500. The lowest BCUT2D eigenvalue weighted by atomic mass is 10.2. The fourth-order valence-electron chi connectivity index (χ4n) is 2.28. The van der Waals surface area contributed by atoms with E-state index in [0.717, 1.165) is 18.5 Å². The van der Waals surface area contributed by atoms with Crippen molar-refractivity contribution < 1.29 is 9.53 Å². The van der Waals surface area contributed by atoms with Crippen molar-refractivity contribution >= 4 is 11.6 Å². The maximum Gasteiger partial charge on any atom is 0.245 e. The number of amides is 1. The SMILES string of the molecule is N#Cc1ccc(N2CCOCC2C(=O)NC2CC2)cn1. The lowest BCUT2D eigenvalue weighted by Gasteiger charge is -2.36. The predicted molar refractivity (Wildman–Crippen MR) is 72.1 cm³/mol. The first kappa shape index (κ1) is 12.9. The summed E-state index contributed by atoms with van der Waals surface area (Å²) in [4.78, 5) is 18.3. The standard InChI is InChI=1S/C14H16N4O2/c15-7-11-3-4-12(8-16-11)18-5-6-20-9-13(18)14(19)17-10-1-2-10/h3-4,8,10,13H,1-2,5-6,9H2,(H,17,19). The summed E-state index contributed by atoms with van der Waals surface area (Å²) in [5.41, 5.74) is 1.23. The molecule has 20 heavy (non-hydrogen) atoms. The summed E-state index contributed by atoms with van der Waals surface area (Å²) < 4.78 is 5.43. The number of nitriles is 1. The smallest absolute Gasteiger partial charge is 0.245 e. The first-order valence-corrected chi connectivity index (χ1v) is 6.79. The van der Waals surface area contributed by atoms with Crippen molar-refractivity contribution in [1.82, 2.24) is 10.3 Å². The van der Waals surface area contributed by atoms with Gasteiger partial charge in [-0.25, -0.2) is 4.98 Å². The zero-order chi connectivity index (χ0) is 13.9. The number of carbonyl (C=O) groups excluding carboxylic acids is 1. The van der Waals surface area contributed by atoms with E-state index in [4.69, 9.17) is 10.00 Å². The Bertz CT molecular complexity index is 533. The first-order chi connectivity index (χ1) is 9.78. The van der Waals surface area contributed by atoms with Gasteiger partial charge in [0.25, 0.3) is 0 Å². The van der Waals surface area contributed by atoms with Crippen LogP contribution in [-0.2, 0) is 9.53 Å². The van der Waals surface area contributed by atoms with E-state index in [2.05, 4.69) is 10.3 Å². The van der Waals surface area contributed by atoms with Gasteiger partial charge in [-0.05, 0) is 25.0 Å². The number of hydrogen-bond donors (Lipinski definition) is 1. The zero-order valence-corrected chi connectivity index (χ0v) is 11.1. The number of carbonyl (C=O) groups is 1. The van der Waals surface area contributed by atoms with Crippen molar-refractivity contribution in [3.63, 3.8) is 0 Å². The molecule has 0 spiro atoms. The van der Waals surface area contributed by atoms with E-state index < -0.39 is 0 Å². The molecular weight excluding hydrogens is 256 g/mol. The fourth-order valence-corrected chi connectivity index (χ4v) is 2.28. The third kappa shape index (κ3) is 2.73. The molecule has 1 saturated heterocycles. The summed E-state index contributed by atoms with van der Waals surface area (Å²) in [6.07, 6.45) is 3.77. The quantitative estimate of drug-likeness (QED) is 0.863. The highest BCUT2D eigenvalue weighted by Gasteiger charge is 2.33. The second-order valence-electron chi connectivity index (χ2n) is 5.08. The summed E-state index contributed by atoms with van der Waals surface area (Å²) in [6.45, 7) is 1.63. The molecule has 1 aliphatic heterocycles. The van der Waals surface area contributed by atoms with Crippen LogP contribution in [0.5, 0.6) is 0 Å². The van der Waals surface area contributed by atoms with Gasteiger partial charge in [-0.15, -0.1) is 0 Å². The second kappa shape index (κ2) is 5.47. The van der Waals surface area contributed by atoms with Gasteiger partial charge in [0, 0.05) is 12.6 Å². The molecule has 6 nitrogen and oxygen atoms in total. The first-order valence-electron chi connectivity index (χ1n) is 6.79. The molecule has 2 fully saturated rings. The lowest BCUT2D eigenvalue weighted by molar-refractivity contribution is -0.124. The van der Waals surface area contributed by atoms with E-state index in [-0.39, 0.29) is 11.9 Å². The Kier molecular flexibility index (Phi) is 3.52. The van der Waals surface area contributed by atoms with Crippen molar-refractivity contribution in [2.45, 2.75) is 24.9 Å². The van der Waals surface area contributed by atoms with Crippen LogP contribution >= 0.6 is 0 Å². The van der Waals surface area contributed by atoms with E-state index in [0.29, 0.717) is 31.5 Å². The predicted octanol–water partition coefficient (Wildman–Crippen LogP) is 0.437. The third-order valence-corrected chi connectivity index (χ3v) is 3.55. The molecule has 1 N–H and O–H groups in total. The maximum atomic E-state index is 12.2. The van der Waals surface area contributed by atoms with Crippen LogP contribution in [0.15, 0.2) is 18.3 Å². The number of rotatable bonds is 3. The maximum absolute atomic E-state index is 12.2. The van der Waals surface area contributed by atoms with Crippen LogP contribution in [0.1, 0.15) is 18.5 Å². The van der Waals surface area contributed by atoms with Crippen molar-refractivity contribution in [1.29, 1.82) is 5.26 Å². The van der Waals surface area contributed by atoms with Gasteiger partial charge in [0.2, 0.25) is 5.91 Å². The number of nitrogens with zero attached hydrogens (tertiary/aromatic N) is 3. The molecule has 0 aromatic carbocycles. The molecule has 104 valence electrons. The molecular formula is C14H16N4O2. The molecule has 6 heteroatoms. The number of pyridine rings is 1. The summed E-state index contributed by atoms with van der Waals surface area (Å²) in [5, 5.41) is 11.8. The van der Waals surface area contributed by atoms with E-state index in [1.54, 1.807) is 12.3 Å². The largest absolute Gasteiger partial charge is 0.377 e. The summed E-state index contributed by atoms with van der Waals surface area (Å²) in [5.74, 6) is 0.0107. The second-order valence-corrected chi connectivity index (χ2v) is 5.08. The average molecular weight is 272 g/mol. The number of ether oxygens (including phenoxy) is 1. The summed E-state index contributed by atoms with van der Waals surface area (Å²) >= 11 is 0. The van der Waals surface area contributed by atoms with Crippen molar-refractivity contribution in [2.75, 3.05) is 24.7 Å². The monoisotopic (exact) mass is 272 g/mol. The van der Waals surface area contributed by atoms with E-state index in [9.17, 15) is 4.79 Å². The Hall–Kier alpha value is -2.13. The topological polar surface area (TPSA) is 78.2 Å². The molecule has 1 aliphatic carbocycles. The van der Waals surface area contributed by atoms with Crippen LogP contribution < -0.4 is 10.2 Å². The molecule has 1 aromatic heterocycles. The Labute approximate surface area is 117 Å². The molecule has 1 amide bonds. The molecule has 3 rings (SSSR count). The Morgan fingerprint density at radius 1 is 1.50 bits per heavy atom. The Morgan fingerprint density at radius 2 is 2.35 bits per heavy atom. The average Bonchev–Trinajstić information content (AvgIpc) is 3.31. The van der Waals surface area contributed by atoms with Crippen LogP contribution in [-0.4, -0.2) is 42.7 Å². The van der Waals surface area contributed by atoms with E-state index >= 15 is 0 Å². The van der Waals surface area contributed by atoms with E-state index in [1.807, 2.05) is 17.0 Å². The van der Waals surface area contributed by atoms with Gasteiger partial charge in [0.1, 0.15) is 17.8 Å². The molecule has 0 bridgehead atoms. The lowest BCUT2D eigenvalue weighted by Crippen LogP contribution is -2.54. The number of aromatic nitrogens is 1. The van der Waals surface area contributed by atoms with Gasteiger partial charge < -0.3 is 15.0 Å². The number of nitrogens with one attached hydrogen (secondary N) is 1. The molecule has 1 aromatic rings. The number of anilines is 1. The van der Waals surface area contributed by atoms with Gasteiger partial charge in [-0.3, -0.25) is 4.79 Å². The Morgan fingerprint density at radius 3 is 3.00 bits per heavy atom.